The van der Waals surface area contributed by atoms with E-state index in [0.717, 1.165) is 17.6 Å². The number of benzene rings is 2. The molecule has 0 bridgehead atoms. The normalized spacial score (nSPS) is 12.1. The standard InChI is InChI=1S/C23H24BrF3N4O4S2/c1-23(2,3)30(4)12-13-6-5-7-15(25)14(13)11-28-17-10-16(26)21(20(27)19(17)24)37(34,35)31(22(32)33)18-8-9-36-29-18/h5-10,28H,11-12H2,1-4H3,(H,32,33). The Balaban J connectivity index is 1.97. The maximum Gasteiger partial charge on any atom is 0.427 e. The third-order valence-electron chi connectivity index (χ3n) is 5.65. The fourth-order valence-electron chi connectivity index (χ4n) is 3.30. The van der Waals surface area contributed by atoms with Crippen LogP contribution in [-0.2, 0) is 23.1 Å². The molecule has 0 aliphatic heterocycles. The number of nitrogens with zero attached hydrogens (tertiary/aromatic N) is 3. The predicted molar refractivity (Wildman–Crippen MR) is 139 cm³/mol. The molecule has 37 heavy (non-hydrogen) atoms. The molecule has 0 atom stereocenters. The minimum Gasteiger partial charge on any atom is -0.464 e. The molecule has 0 saturated heterocycles. The van der Waals surface area contributed by atoms with Gasteiger partial charge in [0.1, 0.15) is 11.6 Å². The lowest BCUT2D eigenvalue weighted by molar-refractivity contribution is 0.167. The van der Waals surface area contributed by atoms with Crippen LogP contribution >= 0.6 is 27.5 Å². The fourth-order valence-corrected chi connectivity index (χ4v) is 5.80. The second-order valence-corrected chi connectivity index (χ2v) is 12.2. The molecule has 200 valence electrons. The van der Waals surface area contributed by atoms with E-state index >= 15 is 8.78 Å². The number of carboxylic acid groups (broad SMARTS) is 1. The van der Waals surface area contributed by atoms with Gasteiger partial charge in [0.15, 0.2) is 16.5 Å². The van der Waals surface area contributed by atoms with Crippen molar-refractivity contribution in [2.75, 3.05) is 16.7 Å². The van der Waals surface area contributed by atoms with E-state index in [4.69, 9.17) is 0 Å². The number of hydrogen-bond donors (Lipinski definition) is 2. The van der Waals surface area contributed by atoms with Crippen LogP contribution in [0.3, 0.4) is 0 Å². The van der Waals surface area contributed by atoms with Gasteiger partial charge in [-0.1, -0.05) is 12.1 Å². The molecule has 0 aliphatic rings. The minimum atomic E-state index is -5.23. The highest BCUT2D eigenvalue weighted by Crippen LogP contribution is 2.36. The number of carbonyl (C=O) groups is 1. The first-order valence-electron chi connectivity index (χ1n) is 10.7. The molecule has 2 aromatic carbocycles. The van der Waals surface area contributed by atoms with E-state index < -0.39 is 48.8 Å². The molecule has 3 aromatic rings. The SMILES string of the molecule is CN(Cc1cccc(F)c1CNc1cc(F)c(S(=O)(=O)N(C(=O)O)c2ccsn2)c(F)c1Br)C(C)(C)C. The summed E-state index contributed by atoms with van der Waals surface area (Å²) in [6, 6.07) is 6.36. The van der Waals surface area contributed by atoms with Crippen LogP contribution in [0, 0.1) is 17.5 Å². The number of anilines is 2. The van der Waals surface area contributed by atoms with Crippen molar-refractivity contribution in [1.29, 1.82) is 0 Å². The van der Waals surface area contributed by atoms with Gasteiger partial charge in [-0.2, -0.15) is 4.37 Å². The molecule has 8 nitrogen and oxygen atoms in total. The van der Waals surface area contributed by atoms with Crippen molar-refractivity contribution in [3.8, 4) is 0 Å². The molecule has 0 unspecified atom stereocenters. The Hall–Kier alpha value is -2.68. The second-order valence-electron chi connectivity index (χ2n) is 9.03. The van der Waals surface area contributed by atoms with Gasteiger partial charge in [-0.3, -0.25) is 4.90 Å². The van der Waals surface area contributed by atoms with Crippen molar-refractivity contribution >= 4 is 55.1 Å². The quantitative estimate of drug-likeness (QED) is 0.296. The van der Waals surface area contributed by atoms with Gasteiger partial charge in [-0.15, -0.1) is 4.31 Å². The Bertz CT molecular complexity index is 1410. The van der Waals surface area contributed by atoms with Crippen molar-refractivity contribution in [2.45, 2.75) is 44.3 Å². The van der Waals surface area contributed by atoms with Gasteiger partial charge < -0.3 is 10.4 Å². The maximum absolute atomic E-state index is 15.2. The second kappa shape index (κ2) is 11.0. The third-order valence-corrected chi connectivity index (χ3v) is 8.68. The van der Waals surface area contributed by atoms with Crippen molar-refractivity contribution in [1.82, 2.24) is 9.27 Å². The van der Waals surface area contributed by atoms with E-state index in [1.54, 1.807) is 12.1 Å². The number of hydrogen-bond acceptors (Lipinski definition) is 7. The Morgan fingerprint density at radius 3 is 2.43 bits per heavy atom. The average molecular weight is 622 g/mol. The van der Waals surface area contributed by atoms with Crippen LogP contribution in [-0.4, -0.2) is 41.5 Å². The van der Waals surface area contributed by atoms with Crippen molar-refractivity contribution in [3.05, 3.63) is 68.8 Å². The van der Waals surface area contributed by atoms with Crippen LogP contribution in [0.5, 0.6) is 0 Å². The van der Waals surface area contributed by atoms with Gasteiger partial charge in [-0.25, -0.2) is 26.4 Å². The molecule has 14 heteroatoms. The molecule has 0 radical (unpaired) electrons. The van der Waals surface area contributed by atoms with Crippen LogP contribution in [0.2, 0.25) is 0 Å². The molecule has 1 aromatic heterocycles. The first-order valence-corrected chi connectivity index (χ1v) is 13.8. The van der Waals surface area contributed by atoms with Gasteiger partial charge in [0, 0.05) is 29.6 Å². The fraction of sp³-hybridized carbons (Fsp3) is 0.304. The minimum absolute atomic E-state index is 0.163. The number of amides is 1. The zero-order chi connectivity index (χ0) is 27.7. The summed E-state index contributed by atoms with van der Waals surface area (Å²) in [7, 11) is -3.34. The number of rotatable bonds is 8. The molecule has 0 fully saturated rings. The van der Waals surface area contributed by atoms with Crippen LogP contribution < -0.4 is 9.62 Å². The van der Waals surface area contributed by atoms with Gasteiger partial charge in [0.2, 0.25) is 0 Å². The summed E-state index contributed by atoms with van der Waals surface area (Å²) in [5, 5.41) is 13.5. The smallest absolute Gasteiger partial charge is 0.427 e. The summed E-state index contributed by atoms with van der Waals surface area (Å²) in [6.07, 6.45) is -1.99. The van der Waals surface area contributed by atoms with E-state index in [2.05, 4.69) is 25.6 Å². The molecule has 2 N–H and O–H groups in total. The van der Waals surface area contributed by atoms with Crippen LogP contribution in [0.15, 0.2) is 45.1 Å². The Labute approximate surface area is 225 Å². The summed E-state index contributed by atoms with van der Waals surface area (Å²) in [6.45, 7) is 6.25. The van der Waals surface area contributed by atoms with E-state index in [-0.39, 0.29) is 27.6 Å². The van der Waals surface area contributed by atoms with Crippen molar-refractivity contribution in [3.63, 3.8) is 0 Å². The molecule has 0 spiro atoms. The molecule has 1 heterocycles. The first-order chi connectivity index (χ1) is 17.2. The van der Waals surface area contributed by atoms with Crippen LogP contribution in [0.4, 0.5) is 29.5 Å². The lowest BCUT2D eigenvalue weighted by Gasteiger charge is -2.32. The van der Waals surface area contributed by atoms with E-state index in [0.29, 0.717) is 18.2 Å². The highest BCUT2D eigenvalue weighted by atomic mass is 79.9. The Morgan fingerprint density at radius 1 is 1.19 bits per heavy atom. The average Bonchev–Trinajstić information content (AvgIpc) is 3.29. The summed E-state index contributed by atoms with van der Waals surface area (Å²) in [4.78, 5) is 12.2. The summed E-state index contributed by atoms with van der Waals surface area (Å²) >= 11 is 3.68. The lowest BCUT2D eigenvalue weighted by Crippen LogP contribution is -2.37. The van der Waals surface area contributed by atoms with E-state index in [1.807, 2.05) is 32.7 Å². The third kappa shape index (κ3) is 6.08. The molecule has 0 aliphatic carbocycles. The summed E-state index contributed by atoms with van der Waals surface area (Å²) < 4.78 is 73.9. The lowest BCUT2D eigenvalue weighted by atomic mass is 10.0. The van der Waals surface area contributed by atoms with Crippen LogP contribution in [0.25, 0.3) is 0 Å². The monoisotopic (exact) mass is 620 g/mol. The van der Waals surface area contributed by atoms with Gasteiger partial charge in [0.25, 0.3) is 10.0 Å². The van der Waals surface area contributed by atoms with Crippen LogP contribution in [0.1, 0.15) is 31.9 Å². The Kier molecular flexibility index (Phi) is 8.57. The zero-order valence-electron chi connectivity index (χ0n) is 20.2. The molecule has 0 saturated carbocycles. The van der Waals surface area contributed by atoms with Gasteiger partial charge in [0.05, 0.1) is 10.2 Å². The predicted octanol–water partition coefficient (Wildman–Crippen LogP) is 6.04. The van der Waals surface area contributed by atoms with Crippen molar-refractivity contribution in [2.24, 2.45) is 0 Å². The van der Waals surface area contributed by atoms with Gasteiger partial charge >= 0.3 is 6.09 Å². The molecular weight excluding hydrogens is 597 g/mol. The number of aromatic nitrogens is 1. The number of halogens is 4. The highest BCUT2D eigenvalue weighted by Gasteiger charge is 2.38. The number of sulfonamides is 1. The molecule has 3 rings (SSSR count). The highest BCUT2D eigenvalue weighted by molar-refractivity contribution is 9.10. The zero-order valence-corrected chi connectivity index (χ0v) is 23.4. The van der Waals surface area contributed by atoms with E-state index in [1.165, 1.54) is 11.4 Å². The summed E-state index contributed by atoms with van der Waals surface area (Å²) in [5.74, 6) is -4.14. The van der Waals surface area contributed by atoms with Crippen molar-refractivity contribution < 1.29 is 31.5 Å². The Morgan fingerprint density at radius 2 is 1.86 bits per heavy atom. The molecule has 1 amide bonds. The van der Waals surface area contributed by atoms with E-state index in [9.17, 15) is 22.7 Å². The summed E-state index contributed by atoms with van der Waals surface area (Å²) in [5.41, 5.74) is 0.531. The maximum atomic E-state index is 15.2. The molecular formula is C23H24BrF3N4O4S2. The van der Waals surface area contributed by atoms with Gasteiger partial charge in [-0.05, 0) is 79.0 Å². The first kappa shape index (κ1) is 28.9. The largest absolute Gasteiger partial charge is 0.464 e. The topological polar surface area (TPSA) is 103 Å². The number of nitrogens with one attached hydrogen (secondary N) is 1.